The Kier molecular flexibility index (Phi) is 5.44. The van der Waals surface area contributed by atoms with Crippen molar-refractivity contribution in [3.05, 3.63) is 64.1 Å². The van der Waals surface area contributed by atoms with Crippen molar-refractivity contribution in [3.63, 3.8) is 0 Å². The molecule has 132 valence electrons. The van der Waals surface area contributed by atoms with E-state index >= 15 is 0 Å². The van der Waals surface area contributed by atoms with Crippen molar-refractivity contribution in [1.82, 2.24) is 5.32 Å². The molecule has 5 nitrogen and oxygen atoms in total. The average molecular weight is 424 g/mol. The second-order valence-corrected chi connectivity index (χ2v) is 8.94. The van der Waals surface area contributed by atoms with E-state index in [1.807, 2.05) is 30.3 Å². The number of fused-ring (bicyclic) bond motifs is 1. The third-order valence-electron chi connectivity index (χ3n) is 3.92. The van der Waals surface area contributed by atoms with Crippen LogP contribution in [-0.2, 0) is 20.4 Å². The van der Waals surface area contributed by atoms with Gasteiger partial charge in [-0.05, 0) is 23.8 Å². The van der Waals surface area contributed by atoms with Crippen molar-refractivity contribution in [2.24, 2.45) is 0 Å². The largest absolute Gasteiger partial charge is 0.493 e. The normalized spacial score (nSPS) is 16.6. The molecular weight excluding hydrogens is 406 g/mol. The fraction of sp³-hybridized carbons (Fsp3) is 0.278. The Morgan fingerprint density at radius 3 is 2.80 bits per heavy atom. The van der Waals surface area contributed by atoms with Crippen LogP contribution in [-0.4, -0.2) is 26.7 Å². The smallest absolute Gasteiger partial charge is 0.235 e. The quantitative estimate of drug-likeness (QED) is 0.801. The van der Waals surface area contributed by atoms with Crippen LogP contribution in [0.5, 0.6) is 5.75 Å². The number of para-hydroxylation sites is 1. The Morgan fingerprint density at radius 2 is 2.00 bits per heavy atom. The molecule has 0 bridgehead atoms. The Labute approximate surface area is 155 Å². The van der Waals surface area contributed by atoms with E-state index in [0.717, 1.165) is 15.8 Å². The monoisotopic (exact) mass is 423 g/mol. The second kappa shape index (κ2) is 7.58. The number of benzene rings is 2. The molecule has 1 amide bonds. The molecular formula is C18H18BrNO4S. The third kappa shape index (κ3) is 4.83. The Bertz CT molecular complexity index is 882. The van der Waals surface area contributed by atoms with Gasteiger partial charge in [-0.2, -0.15) is 0 Å². The molecule has 0 radical (unpaired) electrons. The van der Waals surface area contributed by atoms with Gasteiger partial charge in [0.2, 0.25) is 5.91 Å². The fourth-order valence-electron chi connectivity index (χ4n) is 2.86. The maximum Gasteiger partial charge on any atom is 0.235 e. The zero-order chi connectivity index (χ0) is 17.9. The molecule has 0 fully saturated rings. The van der Waals surface area contributed by atoms with Crippen molar-refractivity contribution in [3.8, 4) is 5.75 Å². The molecule has 1 aliphatic rings. The first-order valence-corrected chi connectivity index (χ1v) is 10.5. The van der Waals surface area contributed by atoms with Gasteiger partial charge >= 0.3 is 0 Å². The second-order valence-electron chi connectivity index (χ2n) is 5.96. The summed E-state index contributed by atoms with van der Waals surface area (Å²) in [6, 6.07) is 14.3. The maximum atomic E-state index is 12.3. The van der Waals surface area contributed by atoms with Gasteiger partial charge in [-0.3, -0.25) is 4.79 Å². The van der Waals surface area contributed by atoms with E-state index in [1.54, 1.807) is 18.2 Å². The average Bonchev–Trinajstić information content (AvgIpc) is 2.54. The molecule has 2 aromatic carbocycles. The molecule has 0 spiro atoms. The van der Waals surface area contributed by atoms with E-state index in [0.29, 0.717) is 18.6 Å². The van der Waals surface area contributed by atoms with Gasteiger partial charge in [0.1, 0.15) is 11.5 Å². The SMILES string of the molecule is O=C(CS(=O)(=O)Cc1cccc(Br)c1)NC1CCOc2ccccc21. The zero-order valence-electron chi connectivity index (χ0n) is 13.4. The van der Waals surface area contributed by atoms with E-state index in [1.165, 1.54) is 0 Å². The highest BCUT2D eigenvalue weighted by Crippen LogP contribution is 2.31. The zero-order valence-corrected chi connectivity index (χ0v) is 15.8. The van der Waals surface area contributed by atoms with Crippen LogP contribution in [0.4, 0.5) is 0 Å². The fourth-order valence-corrected chi connectivity index (χ4v) is 4.58. The van der Waals surface area contributed by atoms with Gasteiger partial charge in [0.25, 0.3) is 0 Å². The number of sulfone groups is 1. The molecule has 25 heavy (non-hydrogen) atoms. The van der Waals surface area contributed by atoms with Crippen LogP contribution in [0.2, 0.25) is 0 Å². The molecule has 1 atom stereocenters. The van der Waals surface area contributed by atoms with Crippen LogP contribution < -0.4 is 10.1 Å². The van der Waals surface area contributed by atoms with Crippen LogP contribution >= 0.6 is 15.9 Å². The van der Waals surface area contributed by atoms with Gasteiger partial charge in [0, 0.05) is 16.5 Å². The summed E-state index contributed by atoms with van der Waals surface area (Å²) in [5.74, 6) is -0.448. The van der Waals surface area contributed by atoms with E-state index in [2.05, 4.69) is 21.2 Å². The summed E-state index contributed by atoms with van der Waals surface area (Å²) in [7, 11) is -3.54. The molecule has 0 aromatic heterocycles. The van der Waals surface area contributed by atoms with Crippen molar-refractivity contribution < 1.29 is 17.9 Å². The number of rotatable bonds is 5. The summed E-state index contributed by atoms with van der Waals surface area (Å²) in [5, 5.41) is 2.82. The number of hydrogen-bond donors (Lipinski definition) is 1. The minimum atomic E-state index is -3.54. The van der Waals surface area contributed by atoms with Gasteiger partial charge in [0.05, 0.1) is 18.4 Å². The van der Waals surface area contributed by atoms with E-state index < -0.39 is 21.5 Å². The number of hydrogen-bond acceptors (Lipinski definition) is 4. The molecule has 2 aromatic rings. The van der Waals surface area contributed by atoms with Crippen LogP contribution in [0.25, 0.3) is 0 Å². The molecule has 1 unspecified atom stereocenters. The molecule has 1 heterocycles. The van der Waals surface area contributed by atoms with E-state index in [-0.39, 0.29) is 11.8 Å². The first-order chi connectivity index (χ1) is 11.9. The molecule has 1 N–H and O–H groups in total. The Morgan fingerprint density at radius 1 is 1.20 bits per heavy atom. The highest BCUT2D eigenvalue weighted by molar-refractivity contribution is 9.10. The van der Waals surface area contributed by atoms with Crippen molar-refractivity contribution in [2.45, 2.75) is 18.2 Å². The summed E-state index contributed by atoms with van der Waals surface area (Å²) in [6.45, 7) is 0.493. The van der Waals surface area contributed by atoms with Gasteiger partial charge in [0.15, 0.2) is 9.84 Å². The number of carbonyl (C=O) groups is 1. The van der Waals surface area contributed by atoms with E-state index in [9.17, 15) is 13.2 Å². The van der Waals surface area contributed by atoms with Crippen LogP contribution in [0.15, 0.2) is 53.0 Å². The lowest BCUT2D eigenvalue weighted by Gasteiger charge is -2.26. The Balaban J connectivity index is 1.64. The predicted octanol–water partition coefficient (Wildman–Crippen LogP) is 3.00. The lowest BCUT2D eigenvalue weighted by molar-refractivity contribution is -0.119. The number of amides is 1. The summed E-state index contributed by atoms with van der Waals surface area (Å²) < 4.78 is 31.0. The minimum Gasteiger partial charge on any atom is -0.493 e. The highest BCUT2D eigenvalue weighted by Gasteiger charge is 2.25. The van der Waals surface area contributed by atoms with Crippen molar-refractivity contribution in [2.75, 3.05) is 12.4 Å². The molecule has 0 saturated heterocycles. The van der Waals surface area contributed by atoms with Crippen LogP contribution in [0, 0.1) is 0 Å². The first kappa shape index (κ1) is 17.9. The number of halogens is 1. The van der Waals surface area contributed by atoms with Crippen molar-refractivity contribution >= 4 is 31.7 Å². The van der Waals surface area contributed by atoms with Gasteiger partial charge in [-0.25, -0.2) is 8.42 Å². The summed E-state index contributed by atoms with van der Waals surface area (Å²) in [6.07, 6.45) is 0.619. The predicted molar refractivity (Wildman–Crippen MR) is 99.1 cm³/mol. The molecule has 3 rings (SSSR count). The topological polar surface area (TPSA) is 72.5 Å². The summed E-state index contributed by atoms with van der Waals surface area (Å²) in [4.78, 5) is 12.3. The summed E-state index contributed by atoms with van der Waals surface area (Å²) >= 11 is 3.32. The Hall–Kier alpha value is -1.86. The lowest BCUT2D eigenvalue weighted by atomic mass is 10.0. The van der Waals surface area contributed by atoms with E-state index in [4.69, 9.17) is 4.74 Å². The standard InChI is InChI=1S/C18H18BrNO4S/c19-14-5-3-4-13(10-14)11-25(22,23)12-18(21)20-16-8-9-24-17-7-2-1-6-15(16)17/h1-7,10,16H,8-9,11-12H2,(H,20,21). The molecule has 1 aliphatic heterocycles. The molecule has 0 aliphatic carbocycles. The highest BCUT2D eigenvalue weighted by atomic mass is 79.9. The van der Waals surface area contributed by atoms with Gasteiger partial charge in [-0.1, -0.05) is 46.3 Å². The van der Waals surface area contributed by atoms with Gasteiger partial charge in [-0.15, -0.1) is 0 Å². The maximum absolute atomic E-state index is 12.3. The number of ether oxygens (including phenoxy) is 1. The van der Waals surface area contributed by atoms with Crippen LogP contribution in [0.1, 0.15) is 23.6 Å². The first-order valence-electron chi connectivity index (χ1n) is 7.89. The molecule has 7 heteroatoms. The van der Waals surface area contributed by atoms with Crippen LogP contribution in [0.3, 0.4) is 0 Å². The summed E-state index contributed by atoms with van der Waals surface area (Å²) in [5.41, 5.74) is 1.53. The molecule has 0 saturated carbocycles. The number of carbonyl (C=O) groups excluding carboxylic acids is 1. The van der Waals surface area contributed by atoms with Gasteiger partial charge < -0.3 is 10.1 Å². The number of nitrogens with one attached hydrogen (secondary N) is 1. The minimum absolute atomic E-state index is 0.162. The third-order valence-corrected chi connectivity index (χ3v) is 5.89. The lowest BCUT2D eigenvalue weighted by Crippen LogP contribution is -2.36. The van der Waals surface area contributed by atoms with Crippen molar-refractivity contribution in [1.29, 1.82) is 0 Å².